The van der Waals surface area contributed by atoms with Crippen LogP contribution < -0.4 is 0 Å². The molecule has 0 spiro atoms. The van der Waals surface area contributed by atoms with E-state index in [2.05, 4.69) is 34.5 Å². The second-order valence-electron chi connectivity index (χ2n) is 2.06. The minimum atomic E-state index is 0.817. The van der Waals surface area contributed by atoms with Crippen molar-refractivity contribution in [3.63, 3.8) is 0 Å². The van der Waals surface area contributed by atoms with E-state index in [9.17, 15) is 0 Å². The SMILES string of the molecule is CN1CCC[C@H]1I. The zero-order valence-corrected chi connectivity index (χ0v) is 6.68. The molecule has 1 aliphatic heterocycles. The van der Waals surface area contributed by atoms with Gasteiger partial charge in [-0.3, -0.25) is 4.90 Å². The number of hydrogen-bond acceptors (Lipinski definition) is 1. The summed E-state index contributed by atoms with van der Waals surface area (Å²) in [5.41, 5.74) is 0. The summed E-state index contributed by atoms with van der Waals surface area (Å²) in [4.78, 5) is 2.39. The van der Waals surface area contributed by atoms with Crippen molar-refractivity contribution in [1.29, 1.82) is 0 Å². The summed E-state index contributed by atoms with van der Waals surface area (Å²) in [6, 6.07) is 0. The first-order valence-electron chi connectivity index (χ1n) is 2.65. The fraction of sp³-hybridized carbons (Fsp3) is 1.00. The van der Waals surface area contributed by atoms with Crippen molar-refractivity contribution in [2.24, 2.45) is 0 Å². The zero-order chi connectivity index (χ0) is 5.28. The van der Waals surface area contributed by atoms with Gasteiger partial charge in [0.05, 0.1) is 4.05 Å². The summed E-state index contributed by atoms with van der Waals surface area (Å²) in [5, 5.41) is 0. The third kappa shape index (κ3) is 1.29. The second kappa shape index (κ2) is 2.31. The number of likely N-dealkylation sites (tertiary alicyclic amines) is 1. The molecule has 1 atom stereocenters. The van der Waals surface area contributed by atoms with Gasteiger partial charge in [-0.2, -0.15) is 0 Å². The van der Waals surface area contributed by atoms with Crippen molar-refractivity contribution >= 4 is 22.6 Å². The molecule has 0 aromatic heterocycles. The molecule has 1 fully saturated rings. The van der Waals surface area contributed by atoms with Gasteiger partial charge in [-0.25, -0.2) is 0 Å². The molecule has 0 unspecified atom stereocenters. The van der Waals surface area contributed by atoms with Crippen molar-refractivity contribution in [2.45, 2.75) is 16.9 Å². The van der Waals surface area contributed by atoms with Gasteiger partial charge >= 0.3 is 0 Å². The van der Waals surface area contributed by atoms with Crippen LogP contribution in [-0.2, 0) is 0 Å². The lowest BCUT2D eigenvalue weighted by Gasteiger charge is -2.10. The highest BCUT2D eigenvalue weighted by Crippen LogP contribution is 2.19. The average molecular weight is 211 g/mol. The lowest BCUT2D eigenvalue weighted by molar-refractivity contribution is 0.403. The maximum atomic E-state index is 2.48. The predicted octanol–water partition coefficient (Wildman–Crippen LogP) is 1.47. The molecule has 2 heteroatoms. The van der Waals surface area contributed by atoms with Crippen molar-refractivity contribution in [2.75, 3.05) is 13.6 Å². The van der Waals surface area contributed by atoms with E-state index in [0.717, 1.165) is 4.05 Å². The van der Waals surface area contributed by atoms with Crippen molar-refractivity contribution in [1.82, 2.24) is 4.90 Å². The lowest BCUT2D eigenvalue weighted by atomic mass is 10.4. The van der Waals surface area contributed by atoms with E-state index in [1.807, 2.05) is 0 Å². The maximum Gasteiger partial charge on any atom is 0.0616 e. The first-order chi connectivity index (χ1) is 3.30. The largest absolute Gasteiger partial charge is 0.295 e. The third-order valence-electron chi connectivity index (χ3n) is 1.43. The van der Waals surface area contributed by atoms with Crippen LogP contribution >= 0.6 is 22.6 Å². The summed E-state index contributed by atoms with van der Waals surface area (Å²) in [5.74, 6) is 0. The van der Waals surface area contributed by atoms with Crippen LogP contribution in [0.1, 0.15) is 12.8 Å². The molecule has 0 bridgehead atoms. The maximum absolute atomic E-state index is 2.48. The molecule has 1 nitrogen and oxygen atoms in total. The van der Waals surface area contributed by atoms with Crippen molar-refractivity contribution < 1.29 is 0 Å². The van der Waals surface area contributed by atoms with Gasteiger partial charge in [-0.15, -0.1) is 0 Å². The van der Waals surface area contributed by atoms with Crippen LogP contribution in [0.25, 0.3) is 0 Å². The van der Waals surface area contributed by atoms with Crippen LogP contribution in [0.4, 0.5) is 0 Å². The monoisotopic (exact) mass is 211 g/mol. The molecule has 0 aromatic rings. The molecule has 0 amide bonds. The van der Waals surface area contributed by atoms with E-state index in [4.69, 9.17) is 0 Å². The smallest absolute Gasteiger partial charge is 0.0616 e. The van der Waals surface area contributed by atoms with Gasteiger partial charge in [0.2, 0.25) is 0 Å². The summed E-state index contributed by atoms with van der Waals surface area (Å²) >= 11 is 2.48. The van der Waals surface area contributed by atoms with Crippen LogP contribution in [0.2, 0.25) is 0 Å². The zero-order valence-electron chi connectivity index (χ0n) is 4.52. The van der Waals surface area contributed by atoms with E-state index < -0.39 is 0 Å². The highest BCUT2D eigenvalue weighted by atomic mass is 127. The Bertz CT molecular complexity index is 57.1. The van der Waals surface area contributed by atoms with Gasteiger partial charge in [0.15, 0.2) is 0 Å². The highest BCUT2D eigenvalue weighted by Gasteiger charge is 2.15. The molecule has 0 aliphatic carbocycles. The van der Waals surface area contributed by atoms with E-state index in [0.29, 0.717) is 0 Å². The fourth-order valence-electron chi connectivity index (χ4n) is 0.870. The Labute approximate surface area is 58.2 Å². The van der Waals surface area contributed by atoms with E-state index in [-0.39, 0.29) is 0 Å². The van der Waals surface area contributed by atoms with E-state index in [1.165, 1.54) is 19.4 Å². The first-order valence-corrected chi connectivity index (χ1v) is 3.89. The van der Waals surface area contributed by atoms with E-state index in [1.54, 1.807) is 0 Å². The van der Waals surface area contributed by atoms with Gasteiger partial charge in [0.25, 0.3) is 0 Å². The number of alkyl halides is 1. The molecular formula is C5H10IN. The lowest BCUT2D eigenvalue weighted by Crippen LogP contribution is -2.17. The van der Waals surface area contributed by atoms with Crippen LogP contribution in [0, 0.1) is 0 Å². The van der Waals surface area contributed by atoms with Crippen molar-refractivity contribution in [3.05, 3.63) is 0 Å². The molecule has 1 saturated heterocycles. The third-order valence-corrected chi connectivity index (χ3v) is 3.01. The van der Waals surface area contributed by atoms with Gasteiger partial charge in [0, 0.05) is 0 Å². The highest BCUT2D eigenvalue weighted by molar-refractivity contribution is 14.1. The first kappa shape index (κ1) is 5.82. The molecular weight excluding hydrogens is 201 g/mol. The Hall–Kier alpha value is 0.690. The number of hydrogen-bond donors (Lipinski definition) is 0. The van der Waals surface area contributed by atoms with Crippen LogP contribution in [0.15, 0.2) is 0 Å². The molecule has 7 heavy (non-hydrogen) atoms. The molecule has 1 rings (SSSR count). The number of halogens is 1. The quantitative estimate of drug-likeness (QED) is 0.333. The average Bonchev–Trinajstić information content (AvgIpc) is 1.91. The van der Waals surface area contributed by atoms with Gasteiger partial charge in [-0.05, 0) is 26.4 Å². The van der Waals surface area contributed by atoms with Crippen molar-refractivity contribution in [3.8, 4) is 0 Å². The Balaban J connectivity index is 2.33. The minimum Gasteiger partial charge on any atom is -0.295 e. The summed E-state index contributed by atoms with van der Waals surface area (Å²) in [7, 11) is 2.18. The summed E-state index contributed by atoms with van der Waals surface area (Å²) < 4.78 is 0.817. The molecule has 0 radical (unpaired) electrons. The van der Waals surface area contributed by atoms with E-state index >= 15 is 0 Å². The molecule has 1 aliphatic rings. The molecule has 1 heterocycles. The van der Waals surface area contributed by atoms with Gasteiger partial charge < -0.3 is 0 Å². The summed E-state index contributed by atoms with van der Waals surface area (Å²) in [6.45, 7) is 1.30. The topological polar surface area (TPSA) is 3.24 Å². The summed E-state index contributed by atoms with van der Waals surface area (Å²) in [6.07, 6.45) is 2.78. The molecule has 42 valence electrons. The Morgan fingerprint density at radius 3 is 2.57 bits per heavy atom. The van der Waals surface area contributed by atoms with Crippen LogP contribution in [0.3, 0.4) is 0 Å². The van der Waals surface area contributed by atoms with Gasteiger partial charge in [-0.1, -0.05) is 22.6 Å². The van der Waals surface area contributed by atoms with Gasteiger partial charge in [0.1, 0.15) is 0 Å². The Kier molecular flexibility index (Phi) is 1.92. The normalized spacial score (nSPS) is 34.3. The van der Waals surface area contributed by atoms with Crippen LogP contribution in [0.5, 0.6) is 0 Å². The molecule has 0 saturated carbocycles. The number of rotatable bonds is 0. The standard InChI is InChI=1S/C5H10IN/c1-7-4-2-3-5(7)6/h5H,2-4H2,1H3/t5-/m0/s1. The molecule has 0 N–H and O–H groups in total. The number of nitrogens with zero attached hydrogens (tertiary/aromatic N) is 1. The predicted molar refractivity (Wildman–Crippen MR) is 39.7 cm³/mol. The molecule has 0 aromatic carbocycles. The Morgan fingerprint density at radius 2 is 2.43 bits per heavy atom. The second-order valence-corrected chi connectivity index (χ2v) is 3.50. The Morgan fingerprint density at radius 1 is 1.71 bits per heavy atom. The van der Waals surface area contributed by atoms with Crippen LogP contribution in [-0.4, -0.2) is 22.5 Å². The fourth-order valence-corrected chi connectivity index (χ4v) is 1.59. The minimum absolute atomic E-state index is 0.817.